The Bertz CT molecular complexity index is 914. The largest absolute Gasteiger partial charge is 0.494 e. The third kappa shape index (κ3) is 5.62. The smallest absolute Gasteiger partial charge is 0.120 e. The first-order valence-electron chi connectivity index (χ1n) is 10.7. The maximum absolute atomic E-state index is 10.7. The predicted octanol–water partition coefficient (Wildman–Crippen LogP) is 4.63. The fourth-order valence-corrected chi connectivity index (χ4v) is 3.87. The number of rotatable bonds is 8. The molecule has 1 aliphatic rings. The number of β-amino-alcohol motifs (C(OH)–C–C–N with tert-alkyl or cyclic N) is 1. The van der Waals surface area contributed by atoms with E-state index in [9.17, 15) is 5.11 Å². The summed E-state index contributed by atoms with van der Waals surface area (Å²) in [6.07, 6.45) is 1.37. The molecule has 0 spiro atoms. The van der Waals surface area contributed by atoms with Crippen LogP contribution in [0.3, 0.4) is 0 Å². The molecule has 0 fully saturated rings. The second-order valence-electron chi connectivity index (χ2n) is 7.72. The van der Waals surface area contributed by atoms with Crippen LogP contribution in [0.2, 0.25) is 0 Å². The Morgan fingerprint density at radius 3 is 2.43 bits per heavy atom. The summed E-state index contributed by atoms with van der Waals surface area (Å²) in [6.45, 7) is 3.73. The molecule has 4 nitrogen and oxygen atoms in total. The van der Waals surface area contributed by atoms with Gasteiger partial charge in [0.25, 0.3) is 0 Å². The number of aliphatic hydroxyl groups excluding tert-OH is 1. The molecule has 0 saturated heterocycles. The molecule has 1 aliphatic heterocycles. The summed E-state index contributed by atoms with van der Waals surface area (Å²) < 4.78 is 11.8. The zero-order valence-corrected chi connectivity index (χ0v) is 17.2. The quantitative estimate of drug-likeness (QED) is 0.557. The molecule has 3 aromatic rings. The monoisotopic (exact) mass is 403 g/mol. The van der Waals surface area contributed by atoms with Crippen LogP contribution in [0.4, 0.5) is 0 Å². The van der Waals surface area contributed by atoms with Gasteiger partial charge in [-0.05, 0) is 53.8 Å². The Labute approximate surface area is 178 Å². The lowest BCUT2D eigenvalue weighted by Crippen LogP contribution is -2.30. The van der Waals surface area contributed by atoms with Gasteiger partial charge in [0.15, 0.2) is 0 Å². The summed E-state index contributed by atoms with van der Waals surface area (Å²) in [4.78, 5) is 2.32. The Morgan fingerprint density at radius 2 is 1.63 bits per heavy atom. The molecule has 0 radical (unpaired) electrons. The second kappa shape index (κ2) is 10.3. The molecule has 4 heteroatoms. The van der Waals surface area contributed by atoms with E-state index in [1.165, 1.54) is 5.56 Å². The fourth-order valence-electron chi connectivity index (χ4n) is 3.87. The lowest BCUT2D eigenvalue weighted by Gasteiger charge is -2.22. The van der Waals surface area contributed by atoms with Crippen molar-refractivity contribution < 1.29 is 14.6 Å². The maximum Gasteiger partial charge on any atom is 0.120 e. The molecular formula is C26H29NO3. The Hall–Kier alpha value is -2.82. The highest BCUT2D eigenvalue weighted by molar-refractivity contribution is 5.38. The second-order valence-corrected chi connectivity index (χ2v) is 7.72. The summed E-state index contributed by atoms with van der Waals surface area (Å²) in [5.41, 5.74) is 3.34. The molecule has 30 heavy (non-hydrogen) atoms. The van der Waals surface area contributed by atoms with Crippen LogP contribution in [0.15, 0.2) is 78.9 Å². The summed E-state index contributed by atoms with van der Waals surface area (Å²) in [5, 5.41) is 10.7. The van der Waals surface area contributed by atoms with Crippen LogP contribution in [0.25, 0.3) is 0 Å². The maximum atomic E-state index is 10.7. The van der Waals surface area contributed by atoms with Gasteiger partial charge in [-0.3, -0.25) is 4.90 Å². The van der Waals surface area contributed by atoms with Gasteiger partial charge >= 0.3 is 0 Å². The van der Waals surface area contributed by atoms with Gasteiger partial charge in [-0.1, -0.05) is 54.6 Å². The molecule has 0 aliphatic carbocycles. The molecule has 0 amide bonds. The number of nitrogens with zero attached hydrogens (tertiary/aromatic N) is 1. The molecule has 0 bridgehead atoms. The molecule has 0 saturated carbocycles. The number of hydrogen-bond acceptors (Lipinski definition) is 4. The molecule has 3 aromatic carbocycles. The summed E-state index contributed by atoms with van der Waals surface area (Å²) >= 11 is 0. The van der Waals surface area contributed by atoms with Crippen LogP contribution < -0.4 is 9.47 Å². The summed E-state index contributed by atoms with van der Waals surface area (Å²) in [7, 11) is 0. The first-order valence-corrected chi connectivity index (χ1v) is 10.7. The van der Waals surface area contributed by atoms with Crippen molar-refractivity contribution in [3.8, 4) is 11.5 Å². The minimum Gasteiger partial charge on any atom is -0.494 e. The highest BCUT2D eigenvalue weighted by atomic mass is 16.5. The first kappa shape index (κ1) is 20.5. The first-order chi connectivity index (χ1) is 14.8. The van der Waals surface area contributed by atoms with E-state index in [0.29, 0.717) is 19.8 Å². The van der Waals surface area contributed by atoms with Crippen LogP contribution >= 0.6 is 0 Å². The molecule has 0 aromatic heterocycles. The highest BCUT2D eigenvalue weighted by Crippen LogP contribution is 2.28. The standard InChI is InChI=1S/C26H29NO3/c28-26-19-27(15-7-17-29-23-10-5-2-6-11-23)16-14-22-18-24(12-13-25(22)26)30-20-21-8-3-1-4-9-21/h1-6,8-13,18,26,28H,7,14-17,19-20H2. The van der Waals surface area contributed by atoms with Crippen LogP contribution in [0, 0.1) is 0 Å². The van der Waals surface area contributed by atoms with E-state index in [2.05, 4.69) is 23.1 Å². The number of fused-ring (bicyclic) bond motifs is 1. The molecule has 1 heterocycles. The van der Waals surface area contributed by atoms with E-state index in [1.807, 2.05) is 60.7 Å². The van der Waals surface area contributed by atoms with Crippen molar-refractivity contribution in [2.75, 3.05) is 26.2 Å². The van der Waals surface area contributed by atoms with Crippen molar-refractivity contribution >= 4 is 0 Å². The average Bonchev–Trinajstić information content (AvgIpc) is 2.95. The highest BCUT2D eigenvalue weighted by Gasteiger charge is 2.21. The molecule has 1 N–H and O–H groups in total. The van der Waals surface area contributed by atoms with Gasteiger partial charge < -0.3 is 14.6 Å². The van der Waals surface area contributed by atoms with Crippen molar-refractivity contribution in [2.45, 2.75) is 25.6 Å². The Kier molecular flexibility index (Phi) is 7.01. The number of hydrogen-bond donors (Lipinski definition) is 1. The fraction of sp³-hybridized carbons (Fsp3) is 0.308. The van der Waals surface area contributed by atoms with Gasteiger partial charge in [-0.15, -0.1) is 0 Å². The van der Waals surface area contributed by atoms with Gasteiger partial charge in [-0.2, -0.15) is 0 Å². The number of benzene rings is 3. The molecule has 1 atom stereocenters. The van der Waals surface area contributed by atoms with Crippen LogP contribution in [0.1, 0.15) is 29.2 Å². The SMILES string of the molecule is OC1CN(CCCOc2ccccc2)CCc2cc(OCc3ccccc3)ccc21. The van der Waals surface area contributed by atoms with E-state index in [0.717, 1.165) is 48.6 Å². The lowest BCUT2D eigenvalue weighted by molar-refractivity contribution is 0.116. The van der Waals surface area contributed by atoms with E-state index in [-0.39, 0.29) is 0 Å². The lowest BCUT2D eigenvalue weighted by atomic mass is 10.0. The van der Waals surface area contributed by atoms with Crippen LogP contribution in [-0.4, -0.2) is 36.2 Å². The third-order valence-corrected chi connectivity index (χ3v) is 5.48. The minimum atomic E-state index is -0.472. The van der Waals surface area contributed by atoms with Crippen molar-refractivity contribution in [1.82, 2.24) is 4.90 Å². The number of para-hydroxylation sites is 1. The molecule has 156 valence electrons. The van der Waals surface area contributed by atoms with Gasteiger partial charge in [-0.25, -0.2) is 0 Å². The number of ether oxygens (including phenoxy) is 2. The van der Waals surface area contributed by atoms with Crippen molar-refractivity contribution in [2.24, 2.45) is 0 Å². The van der Waals surface area contributed by atoms with Gasteiger partial charge in [0.1, 0.15) is 18.1 Å². The zero-order chi connectivity index (χ0) is 20.6. The van der Waals surface area contributed by atoms with Crippen molar-refractivity contribution in [3.05, 3.63) is 95.6 Å². The minimum absolute atomic E-state index is 0.472. The van der Waals surface area contributed by atoms with E-state index in [4.69, 9.17) is 9.47 Å². The van der Waals surface area contributed by atoms with Crippen molar-refractivity contribution in [1.29, 1.82) is 0 Å². The van der Waals surface area contributed by atoms with Crippen molar-refractivity contribution in [3.63, 3.8) is 0 Å². The third-order valence-electron chi connectivity index (χ3n) is 5.48. The van der Waals surface area contributed by atoms with Gasteiger partial charge in [0, 0.05) is 19.6 Å². The molecular weight excluding hydrogens is 374 g/mol. The number of aliphatic hydroxyl groups is 1. The zero-order valence-electron chi connectivity index (χ0n) is 17.2. The Morgan fingerprint density at radius 1 is 0.867 bits per heavy atom. The van der Waals surface area contributed by atoms with E-state index >= 15 is 0 Å². The average molecular weight is 404 g/mol. The summed E-state index contributed by atoms with van der Waals surface area (Å²) in [6, 6.07) is 26.1. The van der Waals surface area contributed by atoms with Crippen LogP contribution in [-0.2, 0) is 13.0 Å². The van der Waals surface area contributed by atoms with E-state index in [1.54, 1.807) is 0 Å². The van der Waals surface area contributed by atoms with Gasteiger partial charge in [0.05, 0.1) is 12.7 Å². The van der Waals surface area contributed by atoms with Gasteiger partial charge in [0.2, 0.25) is 0 Å². The molecule has 1 unspecified atom stereocenters. The van der Waals surface area contributed by atoms with E-state index < -0.39 is 6.10 Å². The normalized spacial score (nSPS) is 16.5. The summed E-state index contributed by atoms with van der Waals surface area (Å²) in [5.74, 6) is 1.76. The topological polar surface area (TPSA) is 41.9 Å². The molecule has 4 rings (SSSR count). The Balaban J connectivity index is 1.29. The van der Waals surface area contributed by atoms with Crippen LogP contribution in [0.5, 0.6) is 11.5 Å². The predicted molar refractivity (Wildman–Crippen MR) is 119 cm³/mol.